The summed E-state index contributed by atoms with van der Waals surface area (Å²) in [6, 6.07) is 12.7. The van der Waals surface area contributed by atoms with Crippen LogP contribution >= 0.6 is 0 Å². The summed E-state index contributed by atoms with van der Waals surface area (Å²) < 4.78 is 5.39. The Morgan fingerprint density at radius 1 is 1.00 bits per heavy atom. The van der Waals surface area contributed by atoms with Gasteiger partial charge in [-0.1, -0.05) is 43.7 Å². The van der Waals surface area contributed by atoms with Gasteiger partial charge in [0.2, 0.25) is 0 Å². The van der Waals surface area contributed by atoms with Crippen LogP contribution in [-0.2, 0) is 6.42 Å². The summed E-state index contributed by atoms with van der Waals surface area (Å²) in [5.41, 5.74) is 1.43. The van der Waals surface area contributed by atoms with E-state index in [1.807, 2.05) is 6.07 Å². The van der Waals surface area contributed by atoms with Crippen molar-refractivity contribution in [1.82, 2.24) is 0 Å². The molecule has 0 saturated heterocycles. The quantitative estimate of drug-likeness (QED) is 0.741. The van der Waals surface area contributed by atoms with Crippen LogP contribution < -0.4 is 4.74 Å². The maximum absolute atomic E-state index is 5.39. The lowest BCUT2D eigenvalue weighted by Crippen LogP contribution is -1.89. The summed E-state index contributed by atoms with van der Waals surface area (Å²) >= 11 is 0. The lowest BCUT2D eigenvalue weighted by molar-refractivity contribution is 0.420. The van der Waals surface area contributed by atoms with Gasteiger partial charge in [0.15, 0.2) is 0 Å². The number of ether oxygens (including phenoxy) is 1. The van der Waals surface area contributed by atoms with Gasteiger partial charge < -0.3 is 4.74 Å². The van der Waals surface area contributed by atoms with Crippen LogP contribution in [0.15, 0.2) is 36.4 Å². The van der Waals surface area contributed by atoms with Gasteiger partial charge in [-0.3, -0.25) is 0 Å². The first kappa shape index (κ1) is 11.0. The van der Waals surface area contributed by atoms with Crippen LogP contribution in [0.25, 0.3) is 10.8 Å². The van der Waals surface area contributed by atoms with E-state index in [0.29, 0.717) is 0 Å². The molecule has 0 aromatic heterocycles. The Labute approximate surface area is 97.1 Å². The molecule has 0 atom stereocenters. The van der Waals surface area contributed by atoms with Gasteiger partial charge in [0.05, 0.1) is 7.11 Å². The molecule has 2 aromatic carbocycles. The van der Waals surface area contributed by atoms with Crippen LogP contribution in [-0.4, -0.2) is 7.11 Å². The third kappa shape index (κ3) is 2.04. The predicted octanol–water partition coefficient (Wildman–Crippen LogP) is 4.19. The third-order valence-corrected chi connectivity index (χ3v) is 2.99. The van der Waals surface area contributed by atoms with Crippen LogP contribution in [0.5, 0.6) is 5.75 Å². The SMILES string of the molecule is CCCCc1cccc2c(OC)cccc12. The lowest BCUT2D eigenvalue weighted by atomic mass is 10.00. The summed E-state index contributed by atoms with van der Waals surface area (Å²) in [4.78, 5) is 0. The first-order valence-corrected chi connectivity index (χ1v) is 5.91. The molecule has 0 unspecified atom stereocenters. The van der Waals surface area contributed by atoms with Gasteiger partial charge >= 0.3 is 0 Å². The fraction of sp³-hybridized carbons (Fsp3) is 0.333. The van der Waals surface area contributed by atoms with Gasteiger partial charge in [0.25, 0.3) is 0 Å². The van der Waals surface area contributed by atoms with Crippen molar-refractivity contribution >= 4 is 10.8 Å². The van der Waals surface area contributed by atoms with E-state index < -0.39 is 0 Å². The number of hydrogen-bond donors (Lipinski definition) is 0. The summed E-state index contributed by atoms with van der Waals surface area (Å²) in [6.45, 7) is 2.23. The van der Waals surface area contributed by atoms with Gasteiger partial charge in [0, 0.05) is 5.39 Å². The van der Waals surface area contributed by atoms with E-state index >= 15 is 0 Å². The number of methoxy groups -OCH3 is 1. The van der Waals surface area contributed by atoms with Crippen molar-refractivity contribution in [2.24, 2.45) is 0 Å². The van der Waals surface area contributed by atoms with Crippen molar-refractivity contribution in [3.8, 4) is 5.75 Å². The van der Waals surface area contributed by atoms with Crippen LogP contribution in [0.4, 0.5) is 0 Å². The van der Waals surface area contributed by atoms with Gasteiger partial charge in [-0.2, -0.15) is 0 Å². The van der Waals surface area contributed by atoms with E-state index in [9.17, 15) is 0 Å². The number of unbranched alkanes of at least 4 members (excludes halogenated alkanes) is 1. The molecule has 0 aliphatic carbocycles. The zero-order valence-corrected chi connectivity index (χ0v) is 9.99. The first-order valence-electron chi connectivity index (χ1n) is 5.91. The predicted molar refractivity (Wildman–Crippen MR) is 69.1 cm³/mol. The van der Waals surface area contributed by atoms with Crippen LogP contribution in [0.2, 0.25) is 0 Å². The molecule has 2 rings (SSSR count). The Balaban J connectivity index is 2.51. The van der Waals surface area contributed by atoms with E-state index in [-0.39, 0.29) is 0 Å². The van der Waals surface area contributed by atoms with Crippen molar-refractivity contribution in [2.75, 3.05) is 7.11 Å². The average molecular weight is 214 g/mol. The maximum atomic E-state index is 5.39. The molecule has 1 heteroatoms. The summed E-state index contributed by atoms with van der Waals surface area (Å²) in [7, 11) is 1.73. The summed E-state index contributed by atoms with van der Waals surface area (Å²) in [6.07, 6.45) is 3.64. The van der Waals surface area contributed by atoms with E-state index in [1.54, 1.807) is 7.11 Å². The zero-order valence-electron chi connectivity index (χ0n) is 9.99. The number of rotatable bonds is 4. The van der Waals surface area contributed by atoms with E-state index in [0.717, 1.165) is 12.2 Å². The number of hydrogen-bond acceptors (Lipinski definition) is 1. The van der Waals surface area contributed by atoms with E-state index in [1.165, 1.54) is 29.2 Å². The molecule has 0 aliphatic rings. The molecular weight excluding hydrogens is 196 g/mol. The Morgan fingerprint density at radius 2 is 1.75 bits per heavy atom. The highest BCUT2D eigenvalue weighted by Crippen LogP contribution is 2.28. The zero-order chi connectivity index (χ0) is 11.4. The van der Waals surface area contributed by atoms with Crippen LogP contribution in [0, 0.1) is 0 Å². The Bertz CT molecular complexity index is 474. The Kier molecular flexibility index (Phi) is 3.45. The fourth-order valence-electron chi connectivity index (χ4n) is 2.11. The van der Waals surface area contributed by atoms with Crippen LogP contribution in [0.1, 0.15) is 25.3 Å². The molecule has 2 aromatic rings. The van der Waals surface area contributed by atoms with Crippen molar-refractivity contribution in [2.45, 2.75) is 26.2 Å². The van der Waals surface area contributed by atoms with Gasteiger partial charge in [-0.05, 0) is 29.9 Å². The standard InChI is InChI=1S/C15H18O/c1-3-4-7-12-8-5-10-14-13(12)9-6-11-15(14)16-2/h5-6,8-11H,3-4,7H2,1-2H3. The van der Waals surface area contributed by atoms with Gasteiger partial charge in [-0.25, -0.2) is 0 Å². The van der Waals surface area contributed by atoms with Gasteiger partial charge in [0.1, 0.15) is 5.75 Å². The highest BCUT2D eigenvalue weighted by atomic mass is 16.5. The molecule has 0 amide bonds. The molecule has 0 radical (unpaired) electrons. The molecule has 16 heavy (non-hydrogen) atoms. The Hall–Kier alpha value is -1.50. The number of benzene rings is 2. The summed E-state index contributed by atoms with van der Waals surface area (Å²) in [5, 5.41) is 2.55. The minimum absolute atomic E-state index is 0.968. The molecule has 0 saturated carbocycles. The molecule has 0 fully saturated rings. The average Bonchev–Trinajstić information content (AvgIpc) is 2.35. The highest BCUT2D eigenvalue weighted by Gasteiger charge is 2.04. The first-order chi connectivity index (χ1) is 7.86. The molecule has 0 aliphatic heterocycles. The molecule has 84 valence electrons. The maximum Gasteiger partial charge on any atom is 0.126 e. The highest BCUT2D eigenvalue weighted by molar-refractivity contribution is 5.90. The molecule has 1 nitrogen and oxygen atoms in total. The molecular formula is C15H18O. The molecule has 0 bridgehead atoms. The van der Waals surface area contributed by atoms with Crippen molar-refractivity contribution in [1.29, 1.82) is 0 Å². The Morgan fingerprint density at radius 3 is 2.50 bits per heavy atom. The fourth-order valence-corrected chi connectivity index (χ4v) is 2.11. The second-order valence-corrected chi connectivity index (χ2v) is 4.08. The van der Waals surface area contributed by atoms with Crippen LogP contribution in [0.3, 0.4) is 0 Å². The van der Waals surface area contributed by atoms with Crippen molar-refractivity contribution in [3.63, 3.8) is 0 Å². The minimum atomic E-state index is 0.968. The topological polar surface area (TPSA) is 9.23 Å². The van der Waals surface area contributed by atoms with Crippen molar-refractivity contribution < 1.29 is 4.74 Å². The smallest absolute Gasteiger partial charge is 0.126 e. The molecule has 0 spiro atoms. The second kappa shape index (κ2) is 5.02. The monoisotopic (exact) mass is 214 g/mol. The molecule has 0 heterocycles. The normalized spacial score (nSPS) is 10.6. The second-order valence-electron chi connectivity index (χ2n) is 4.08. The number of aryl methyl sites for hydroxylation is 1. The lowest BCUT2D eigenvalue weighted by Gasteiger charge is -2.09. The van der Waals surface area contributed by atoms with E-state index in [2.05, 4.69) is 37.3 Å². The minimum Gasteiger partial charge on any atom is -0.496 e. The van der Waals surface area contributed by atoms with E-state index in [4.69, 9.17) is 4.74 Å². The summed E-state index contributed by atoms with van der Waals surface area (Å²) in [5.74, 6) is 0.968. The van der Waals surface area contributed by atoms with Crippen molar-refractivity contribution in [3.05, 3.63) is 42.0 Å². The largest absolute Gasteiger partial charge is 0.496 e. The molecule has 0 N–H and O–H groups in total. The number of fused-ring (bicyclic) bond motifs is 1. The third-order valence-electron chi connectivity index (χ3n) is 2.99. The van der Waals surface area contributed by atoms with Gasteiger partial charge in [-0.15, -0.1) is 0 Å².